The highest BCUT2D eigenvalue weighted by molar-refractivity contribution is 5.19. The molecule has 1 heterocycles. The van der Waals surface area contributed by atoms with Gasteiger partial charge in [0.05, 0.1) is 18.3 Å². The molecule has 0 spiro atoms. The molecule has 3 nitrogen and oxygen atoms in total. The molecule has 4 unspecified atom stereocenters. The molecule has 3 heteroatoms. The molecule has 0 radical (unpaired) electrons. The number of allylic oxidation sites excluding steroid dienone is 1. The van der Waals surface area contributed by atoms with Crippen LogP contribution >= 0.6 is 0 Å². The number of ether oxygens (including phenoxy) is 2. The summed E-state index contributed by atoms with van der Waals surface area (Å²) < 4.78 is 13.1. The predicted octanol–water partition coefficient (Wildman–Crippen LogP) is 4.30. The van der Waals surface area contributed by atoms with Gasteiger partial charge in [-0.1, -0.05) is 26.0 Å². The van der Waals surface area contributed by atoms with Gasteiger partial charge in [-0.3, -0.25) is 0 Å². The second kappa shape index (κ2) is 5.11. The van der Waals surface area contributed by atoms with Crippen LogP contribution in [-0.4, -0.2) is 29.2 Å². The monoisotopic (exact) mass is 346 g/mol. The third-order valence-electron chi connectivity index (χ3n) is 8.98. The van der Waals surface area contributed by atoms with Crippen LogP contribution in [0.5, 0.6) is 0 Å². The van der Waals surface area contributed by atoms with E-state index in [9.17, 15) is 5.11 Å². The van der Waals surface area contributed by atoms with Gasteiger partial charge >= 0.3 is 0 Å². The topological polar surface area (TPSA) is 38.7 Å². The maximum atomic E-state index is 10.7. The molecule has 0 aromatic carbocycles. The van der Waals surface area contributed by atoms with Crippen molar-refractivity contribution in [1.82, 2.24) is 0 Å². The van der Waals surface area contributed by atoms with Gasteiger partial charge in [-0.2, -0.15) is 0 Å². The highest BCUT2D eigenvalue weighted by atomic mass is 16.8. The Bertz CT molecular complexity index is 598. The highest BCUT2D eigenvalue weighted by Crippen LogP contribution is 2.67. The lowest BCUT2D eigenvalue weighted by atomic mass is 9.44. The lowest BCUT2D eigenvalue weighted by molar-refractivity contribution is -0.171. The van der Waals surface area contributed by atoms with Gasteiger partial charge in [0.25, 0.3) is 0 Å². The second-order valence-corrected chi connectivity index (χ2v) is 10.5. The van der Waals surface area contributed by atoms with Crippen molar-refractivity contribution in [3.8, 4) is 0 Å². The molecule has 140 valence electrons. The SMILES string of the molecule is CC1(C)O[C@@H]2C3C(CC[C@@]4(C)C3CC[C@@H]4O)[C@@]3(C)CCC=CC3[C@H]2O1. The van der Waals surface area contributed by atoms with E-state index in [1.165, 1.54) is 25.7 Å². The van der Waals surface area contributed by atoms with Gasteiger partial charge < -0.3 is 14.6 Å². The van der Waals surface area contributed by atoms with Crippen LogP contribution in [0.2, 0.25) is 0 Å². The zero-order chi connectivity index (χ0) is 17.6. The van der Waals surface area contributed by atoms with Crippen LogP contribution in [0, 0.1) is 34.5 Å². The molecule has 0 bridgehead atoms. The van der Waals surface area contributed by atoms with Gasteiger partial charge in [0.15, 0.2) is 5.79 Å². The summed E-state index contributed by atoms with van der Waals surface area (Å²) >= 11 is 0. The summed E-state index contributed by atoms with van der Waals surface area (Å²) in [7, 11) is 0. The average Bonchev–Trinajstić information content (AvgIpc) is 3.03. The number of hydrogen-bond acceptors (Lipinski definition) is 3. The van der Waals surface area contributed by atoms with Gasteiger partial charge in [0.2, 0.25) is 0 Å². The van der Waals surface area contributed by atoms with E-state index >= 15 is 0 Å². The zero-order valence-electron chi connectivity index (χ0n) is 16.2. The molecular weight excluding hydrogens is 312 g/mol. The van der Waals surface area contributed by atoms with Crippen molar-refractivity contribution in [2.45, 2.75) is 90.3 Å². The van der Waals surface area contributed by atoms with E-state index in [0.717, 1.165) is 12.8 Å². The molecule has 0 amide bonds. The summed E-state index contributed by atoms with van der Waals surface area (Å²) in [6.45, 7) is 9.03. The van der Waals surface area contributed by atoms with Crippen molar-refractivity contribution in [3.05, 3.63) is 12.2 Å². The summed E-state index contributed by atoms with van der Waals surface area (Å²) in [6.07, 6.45) is 12.0. The van der Waals surface area contributed by atoms with Crippen molar-refractivity contribution in [3.63, 3.8) is 0 Å². The first kappa shape index (κ1) is 16.8. The van der Waals surface area contributed by atoms with Crippen molar-refractivity contribution in [2.75, 3.05) is 0 Å². The van der Waals surface area contributed by atoms with Crippen LogP contribution in [-0.2, 0) is 9.47 Å². The summed E-state index contributed by atoms with van der Waals surface area (Å²) in [5, 5.41) is 10.7. The van der Waals surface area contributed by atoms with E-state index in [1.807, 2.05) is 0 Å². The molecule has 5 aliphatic rings. The van der Waals surface area contributed by atoms with Crippen molar-refractivity contribution in [1.29, 1.82) is 0 Å². The largest absolute Gasteiger partial charge is 0.393 e. The van der Waals surface area contributed by atoms with Crippen LogP contribution in [0.3, 0.4) is 0 Å². The molecule has 4 fully saturated rings. The first-order chi connectivity index (χ1) is 11.8. The number of aliphatic hydroxyl groups is 1. The summed E-state index contributed by atoms with van der Waals surface area (Å²) in [4.78, 5) is 0. The van der Waals surface area contributed by atoms with Crippen LogP contribution in [0.4, 0.5) is 0 Å². The molecule has 1 N–H and O–H groups in total. The Morgan fingerprint density at radius 2 is 1.60 bits per heavy atom. The molecule has 1 saturated heterocycles. The van der Waals surface area contributed by atoms with E-state index < -0.39 is 5.79 Å². The van der Waals surface area contributed by atoms with Crippen molar-refractivity contribution in [2.24, 2.45) is 34.5 Å². The Balaban J connectivity index is 1.61. The fourth-order valence-corrected chi connectivity index (χ4v) is 7.73. The minimum Gasteiger partial charge on any atom is -0.393 e. The number of hydrogen-bond donors (Lipinski definition) is 1. The number of fused-ring (bicyclic) bond motifs is 8. The smallest absolute Gasteiger partial charge is 0.163 e. The third-order valence-corrected chi connectivity index (χ3v) is 8.98. The van der Waals surface area contributed by atoms with Crippen LogP contribution in [0.15, 0.2) is 12.2 Å². The summed E-state index contributed by atoms with van der Waals surface area (Å²) in [6, 6.07) is 0. The predicted molar refractivity (Wildman–Crippen MR) is 96.8 cm³/mol. The maximum Gasteiger partial charge on any atom is 0.163 e. The lowest BCUT2D eigenvalue weighted by Crippen LogP contribution is -2.62. The minimum atomic E-state index is -0.485. The van der Waals surface area contributed by atoms with Crippen LogP contribution in [0.25, 0.3) is 0 Å². The van der Waals surface area contributed by atoms with E-state index in [1.54, 1.807) is 0 Å². The average molecular weight is 347 g/mol. The molecule has 3 saturated carbocycles. The molecule has 0 aromatic rings. The molecule has 25 heavy (non-hydrogen) atoms. The first-order valence-electron chi connectivity index (χ1n) is 10.5. The Hall–Kier alpha value is -0.380. The fourth-order valence-electron chi connectivity index (χ4n) is 7.73. The highest BCUT2D eigenvalue weighted by Gasteiger charge is 2.67. The maximum absolute atomic E-state index is 10.7. The van der Waals surface area contributed by atoms with Gasteiger partial charge in [-0.25, -0.2) is 0 Å². The third kappa shape index (κ3) is 2.09. The molecule has 5 rings (SSSR count). The number of aliphatic hydroxyl groups excluding tert-OH is 1. The second-order valence-electron chi connectivity index (χ2n) is 10.5. The van der Waals surface area contributed by atoms with Gasteiger partial charge in [-0.15, -0.1) is 0 Å². The quantitative estimate of drug-likeness (QED) is 0.665. The summed E-state index contributed by atoms with van der Waals surface area (Å²) in [5.74, 6) is 1.81. The minimum absolute atomic E-state index is 0.0789. The normalized spacial score (nSPS) is 59.0. The Morgan fingerprint density at radius 1 is 0.880 bits per heavy atom. The zero-order valence-corrected chi connectivity index (χ0v) is 16.2. The molecule has 0 aromatic heterocycles. The van der Waals surface area contributed by atoms with Crippen molar-refractivity contribution < 1.29 is 14.6 Å². The van der Waals surface area contributed by atoms with Gasteiger partial charge in [0.1, 0.15) is 0 Å². The molecular formula is C22H34O3. The molecule has 9 atom stereocenters. The lowest BCUT2D eigenvalue weighted by Gasteiger charge is -2.61. The number of rotatable bonds is 0. The van der Waals surface area contributed by atoms with Crippen molar-refractivity contribution >= 4 is 0 Å². The van der Waals surface area contributed by atoms with E-state index in [-0.39, 0.29) is 23.7 Å². The van der Waals surface area contributed by atoms with E-state index in [0.29, 0.717) is 29.1 Å². The van der Waals surface area contributed by atoms with Crippen LogP contribution in [0.1, 0.15) is 66.2 Å². The first-order valence-corrected chi connectivity index (χ1v) is 10.5. The summed E-state index contributed by atoms with van der Waals surface area (Å²) in [5.41, 5.74) is 0.398. The van der Waals surface area contributed by atoms with E-state index in [4.69, 9.17) is 9.47 Å². The Labute approximate surface area is 152 Å². The van der Waals surface area contributed by atoms with E-state index in [2.05, 4.69) is 39.8 Å². The van der Waals surface area contributed by atoms with Gasteiger partial charge in [-0.05, 0) is 81.0 Å². The van der Waals surface area contributed by atoms with Gasteiger partial charge in [0, 0.05) is 5.92 Å². The Morgan fingerprint density at radius 3 is 2.40 bits per heavy atom. The van der Waals surface area contributed by atoms with Crippen LogP contribution < -0.4 is 0 Å². The molecule has 4 aliphatic carbocycles. The standard InChI is InChI=1S/C22H34O3/c1-20(2)24-18-15-7-5-6-11-21(15,3)14-10-12-22(4)13(8-9-16(22)23)17(14)19(18)25-20/h5,7,13-19,23H,6,8-12H2,1-4H3/t13?,14?,15?,16-,17?,18+,19+,21+,22-/m0/s1. The Kier molecular flexibility index (Phi) is 3.43. The molecule has 1 aliphatic heterocycles. The fraction of sp³-hybridized carbons (Fsp3) is 0.909.